The van der Waals surface area contributed by atoms with Gasteiger partial charge < -0.3 is 4.74 Å². The van der Waals surface area contributed by atoms with Crippen LogP contribution in [-0.4, -0.2) is 27.9 Å². The molecule has 0 unspecified atom stereocenters. The molecule has 0 saturated heterocycles. The van der Waals surface area contributed by atoms with Crippen molar-refractivity contribution in [1.29, 1.82) is 0 Å². The molecule has 2 aromatic carbocycles. The van der Waals surface area contributed by atoms with Crippen LogP contribution in [0.2, 0.25) is 0 Å². The van der Waals surface area contributed by atoms with Crippen LogP contribution in [0.5, 0.6) is 5.75 Å². The van der Waals surface area contributed by atoms with E-state index in [4.69, 9.17) is 14.8 Å². The molecule has 154 valence electrons. The van der Waals surface area contributed by atoms with Gasteiger partial charge in [0, 0.05) is 10.8 Å². The van der Waals surface area contributed by atoms with Crippen LogP contribution in [0.25, 0.3) is 5.70 Å². The summed E-state index contributed by atoms with van der Waals surface area (Å²) in [6.45, 7) is 2.04. The van der Waals surface area contributed by atoms with Gasteiger partial charge in [-0.25, -0.2) is 5.01 Å². The summed E-state index contributed by atoms with van der Waals surface area (Å²) in [7, 11) is 0. The summed E-state index contributed by atoms with van der Waals surface area (Å²) in [5, 5.41) is 11.6. The fourth-order valence-corrected chi connectivity index (χ4v) is 4.80. The molecule has 7 heteroatoms. The number of thioether (sulfide) groups is 1. The molecule has 1 amide bonds. The van der Waals surface area contributed by atoms with E-state index in [0.29, 0.717) is 10.9 Å². The molecule has 1 fully saturated rings. The number of para-hydroxylation sites is 2. The monoisotopic (exact) mass is 420 g/mol. The lowest BCUT2D eigenvalue weighted by atomic mass is 10.1. The Kier molecular flexibility index (Phi) is 5.21. The van der Waals surface area contributed by atoms with Gasteiger partial charge in [-0.15, -0.1) is 5.10 Å². The quantitative estimate of drug-likeness (QED) is 0.826. The number of benzene rings is 2. The van der Waals surface area contributed by atoms with Crippen molar-refractivity contribution < 1.29 is 9.53 Å². The molecule has 2 aromatic rings. The van der Waals surface area contributed by atoms with E-state index in [-0.39, 0.29) is 12.0 Å². The molecule has 30 heavy (non-hydrogen) atoms. The predicted octanol–water partition coefficient (Wildman–Crippen LogP) is 2.90. The fourth-order valence-electron chi connectivity index (χ4n) is 4.22. The number of nitrogens with one attached hydrogen (secondary N) is 1. The molecule has 0 aromatic heterocycles. The van der Waals surface area contributed by atoms with Crippen LogP contribution in [0.15, 0.2) is 58.6 Å². The zero-order valence-electron chi connectivity index (χ0n) is 16.9. The van der Waals surface area contributed by atoms with Crippen molar-refractivity contribution in [3.63, 3.8) is 0 Å². The summed E-state index contributed by atoms with van der Waals surface area (Å²) in [4.78, 5) is 18.1. The lowest BCUT2D eigenvalue weighted by Gasteiger charge is -2.34. The van der Waals surface area contributed by atoms with Gasteiger partial charge in [-0.2, -0.15) is 0 Å². The van der Waals surface area contributed by atoms with Crippen LogP contribution in [0.1, 0.15) is 44.3 Å². The standard InChI is InChI=1S/C23H24N4O2S/c1-2-30-23-25-22(28)20-16-11-5-7-13-18(16)24-21(27(20)26-23)17-12-6-8-14-19(17)29-15-9-3-4-10-15/h5-8,11-15,21H,2-4,9-10H2,1H3,(H,25,26,28)/t21-/m1/s1. The third-order valence-corrected chi connectivity index (χ3v) is 6.34. The smallest absolute Gasteiger partial charge is 0.276 e. The largest absolute Gasteiger partial charge is 0.490 e. The first kappa shape index (κ1) is 19.2. The maximum absolute atomic E-state index is 13.1. The number of fused-ring (bicyclic) bond motifs is 2. The molecule has 5 rings (SSSR count). The third kappa shape index (κ3) is 3.47. The number of nitrogens with zero attached hydrogens (tertiary/aromatic N) is 3. The van der Waals surface area contributed by atoms with Crippen LogP contribution < -0.4 is 20.6 Å². The average molecular weight is 421 g/mol. The van der Waals surface area contributed by atoms with E-state index >= 15 is 0 Å². The van der Waals surface area contributed by atoms with Crippen LogP contribution in [0.4, 0.5) is 0 Å². The van der Waals surface area contributed by atoms with Crippen molar-refractivity contribution in [3.05, 3.63) is 64.7 Å². The molecule has 2 heterocycles. The van der Waals surface area contributed by atoms with Gasteiger partial charge in [0.05, 0.1) is 11.5 Å². The minimum absolute atomic E-state index is 0.150. The summed E-state index contributed by atoms with van der Waals surface area (Å²) >= 11 is 1.51. The van der Waals surface area contributed by atoms with Crippen molar-refractivity contribution in [1.82, 2.24) is 10.3 Å². The first-order chi connectivity index (χ1) is 14.7. The number of carbonyl (C=O) groups excluding carboxylic acids is 1. The van der Waals surface area contributed by atoms with E-state index < -0.39 is 6.17 Å². The molecular weight excluding hydrogens is 396 g/mol. The van der Waals surface area contributed by atoms with Gasteiger partial charge in [0.25, 0.3) is 5.91 Å². The molecule has 1 aliphatic carbocycles. The number of hydrazone groups is 1. The molecule has 1 atom stereocenters. The number of carbonyl (C=O) groups is 1. The predicted molar refractivity (Wildman–Crippen MR) is 118 cm³/mol. The topological polar surface area (TPSA) is 66.3 Å². The van der Waals surface area contributed by atoms with Crippen LogP contribution in [0, 0.1) is 0 Å². The molecule has 1 saturated carbocycles. The lowest BCUT2D eigenvalue weighted by Crippen LogP contribution is -2.50. The van der Waals surface area contributed by atoms with Crippen molar-refractivity contribution >= 4 is 28.5 Å². The van der Waals surface area contributed by atoms with E-state index in [1.165, 1.54) is 24.6 Å². The molecule has 1 N–H and O–H groups in total. The lowest BCUT2D eigenvalue weighted by molar-refractivity contribution is -0.116. The Balaban J connectivity index is 1.65. The molecule has 0 bridgehead atoms. The van der Waals surface area contributed by atoms with Gasteiger partial charge in [0.1, 0.15) is 11.4 Å². The van der Waals surface area contributed by atoms with Gasteiger partial charge >= 0.3 is 0 Å². The summed E-state index contributed by atoms with van der Waals surface area (Å²) in [6, 6.07) is 15.7. The number of ether oxygens (including phenoxy) is 1. The summed E-state index contributed by atoms with van der Waals surface area (Å²) in [5.41, 5.74) is 1.46. The SMILES string of the molecule is CCSC1=NN2C(=c3ccccc3=N[C@H]2c2ccccc2OC2CCCC2)C(=O)N1. The van der Waals surface area contributed by atoms with E-state index in [1.54, 1.807) is 5.01 Å². The molecular formula is C23H24N4O2S. The Morgan fingerprint density at radius 3 is 2.73 bits per heavy atom. The zero-order chi connectivity index (χ0) is 20.5. The fraction of sp³-hybridized carbons (Fsp3) is 0.348. The number of amides is 1. The van der Waals surface area contributed by atoms with E-state index in [0.717, 1.165) is 40.5 Å². The van der Waals surface area contributed by atoms with Gasteiger partial charge in [-0.1, -0.05) is 55.1 Å². The van der Waals surface area contributed by atoms with Gasteiger partial charge in [0.2, 0.25) is 0 Å². The van der Waals surface area contributed by atoms with E-state index in [9.17, 15) is 4.79 Å². The maximum atomic E-state index is 13.1. The average Bonchev–Trinajstić information content (AvgIpc) is 3.27. The number of hydrogen-bond donors (Lipinski definition) is 1. The zero-order valence-corrected chi connectivity index (χ0v) is 17.7. The first-order valence-corrected chi connectivity index (χ1v) is 11.5. The Bertz CT molecular complexity index is 1120. The van der Waals surface area contributed by atoms with Crippen molar-refractivity contribution in [2.45, 2.75) is 44.9 Å². The normalized spacial score (nSPS) is 20.8. The minimum Gasteiger partial charge on any atom is -0.490 e. The summed E-state index contributed by atoms with van der Waals surface area (Å²) in [6.07, 6.45) is 4.37. The van der Waals surface area contributed by atoms with Crippen LogP contribution >= 0.6 is 11.8 Å². The third-order valence-electron chi connectivity index (χ3n) is 5.59. The second-order valence-corrected chi connectivity index (χ2v) is 8.82. The Labute approximate surface area is 179 Å². The Morgan fingerprint density at radius 2 is 1.90 bits per heavy atom. The van der Waals surface area contributed by atoms with Crippen molar-refractivity contribution in [3.8, 4) is 5.75 Å². The van der Waals surface area contributed by atoms with Gasteiger partial charge in [0.15, 0.2) is 11.3 Å². The van der Waals surface area contributed by atoms with Gasteiger partial charge in [-0.05, 0) is 43.6 Å². The number of hydrogen-bond acceptors (Lipinski definition) is 6. The summed E-state index contributed by atoms with van der Waals surface area (Å²) < 4.78 is 6.38. The van der Waals surface area contributed by atoms with Crippen molar-refractivity contribution in [2.24, 2.45) is 10.1 Å². The highest BCUT2D eigenvalue weighted by Gasteiger charge is 2.35. The Hall–Kier alpha value is -2.80. The second-order valence-electron chi connectivity index (χ2n) is 7.57. The number of rotatable bonds is 4. The first-order valence-electron chi connectivity index (χ1n) is 10.5. The van der Waals surface area contributed by atoms with E-state index in [2.05, 4.69) is 5.32 Å². The molecule has 2 aliphatic heterocycles. The molecule has 0 spiro atoms. The Morgan fingerprint density at radius 1 is 1.13 bits per heavy atom. The van der Waals surface area contributed by atoms with Crippen LogP contribution in [0.3, 0.4) is 0 Å². The highest BCUT2D eigenvalue weighted by atomic mass is 32.2. The highest BCUT2D eigenvalue weighted by molar-refractivity contribution is 8.13. The van der Waals surface area contributed by atoms with Crippen LogP contribution in [-0.2, 0) is 4.79 Å². The highest BCUT2D eigenvalue weighted by Crippen LogP contribution is 2.37. The minimum atomic E-state index is -0.453. The molecule has 6 nitrogen and oxygen atoms in total. The summed E-state index contributed by atoms with van der Waals surface area (Å²) in [5.74, 6) is 1.49. The van der Waals surface area contributed by atoms with Crippen molar-refractivity contribution in [2.75, 3.05) is 5.75 Å². The van der Waals surface area contributed by atoms with E-state index in [1.807, 2.05) is 55.5 Å². The second kappa shape index (κ2) is 8.14. The number of amidine groups is 1. The molecule has 3 aliphatic rings. The molecule has 0 radical (unpaired) electrons. The van der Waals surface area contributed by atoms with Gasteiger partial charge in [-0.3, -0.25) is 15.1 Å². The maximum Gasteiger partial charge on any atom is 0.276 e.